The fraction of sp³-hybridized carbons (Fsp3) is 0.462. The van der Waals surface area contributed by atoms with Crippen LogP contribution >= 0.6 is 11.3 Å². The van der Waals surface area contributed by atoms with Gasteiger partial charge in [0.05, 0.1) is 11.8 Å². The van der Waals surface area contributed by atoms with Crippen molar-refractivity contribution in [2.45, 2.75) is 6.92 Å². The van der Waals surface area contributed by atoms with E-state index < -0.39 is 0 Å². The first-order valence-electron chi connectivity index (χ1n) is 6.59. The normalized spacial score (nSPS) is 15.7. The van der Waals surface area contributed by atoms with Crippen LogP contribution in [0, 0.1) is 6.92 Å². The lowest BCUT2D eigenvalue weighted by molar-refractivity contribution is 0.0746. The minimum Gasteiger partial charge on any atom is -0.345 e. The molecule has 20 heavy (non-hydrogen) atoms. The Morgan fingerprint density at radius 2 is 2.05 bits per heavy atom. The van der Waals surface area contributed by atoms with Crippen LogP contribution in [0.15, 0.2) is 17.8 Å². The van der Waals surface area contributed by atoms with Crippen LogP contribution in [0.2, 0.25) is 0 Å². The standard InChI is InChI=1S/C13H17N5OS/c1-10-11(9-15-16(10)2)12(19)17-4-6-18(7-5-17)13-14-3-8-20-13/h3,8-9H,4-7H2,1-2H3. The van der Waals surface area contributed by atoms with E-state index in [0.717, 1.165) is 37.0 Å². The lowest BCUT2D eigenvalue weighted by atomic mass is 10.2. The smallest absolute Gasteiger partial charge is 0.257 e. The third kappa shape index (κ3) is 2.29. The Bertz CT molecular complexity index is 598. The number of carbonyl (C=O) groups excluding carboxylic acids is 1. The van der Waals surface area contributed by atoms with Gasteiger partial charge in [0.2, 0.25) is 0 Å². The number of hydrogen-bond acceptors (Lipinski definition) is 5. The first kappa shape index (κ1) is 13.1. The SMILES string of the molecule is Cc1c(C(=O)N2CCN(c3nccs3)CC2)cnn1C. The zero-order chi connectivity index (χ0) is 14.1. The number of amides is 1. The van der Waals surface area contributed by atoms with Crippen LogP contribution in [0.5, 0.6) is 0 Å². The van der Waals surface area contributed by atoms with Crippen LogP contribution in [0.25, 0.3) is 0 Å². The maximum Gasteiger partial charge on any atom is 0.257 e. The van der Waals surface area contributed by atoms with Crippen molar-refractivity contribution in [3.05, 3.63) is 29.0 Å². The van der Waals surface area contributed by atoms with Gasteiger partial charge in [-0.3, -0.25) is 9.48 Å². The molecule has 0 atom stereocenters. The number of piperazine rings is 1. The molecule has 1 aliphatic rings. The molecule has 1 amide bonds. The second kappa shape index (κ2) is 5.24. The topological polar surface area (TPSA) is 54.3 Å². The number of aromatic nitrogens is 3. The molecule has 0 unspecified atom stereocenters. The summed E-state index contributed by atoms with van der Waals surface area (Å²) >= 11 is 1.64. The summed E-state index contributed by atoms with van der Waals surface area (Å²) in [4.78, 5) is 20.9. The second-order valence-corrected chi connectivity index (χ2v) is 5.73. The van der Waals surface area contributed by atoms with Crippen molar-refractivity contribution in [2.24, 2.45) is 7.05 Å². The van der Waals surface area contributed by atoms with Crippen molar-refractivity contribution in [1.82, 2.24) is 19.7 Å². The number of thiazole rings is 1. The van der Waals surface area contributed by atoms with Crippen LogP contribution in [0.3, 0.4) is 0 Å². The Balaban J connectivity index is 1.66. The molecule has 0 bridgehead atoms. The summed E-state index contributed by atoms with van der Waals surface area (Å²) in [6.07, 6.45) is 3.47. The quantitative estimate of drug-likeness (QED) is 0.833. The van der Waals surface area contributed by atoms with E-state index in [0.29, 0.717) is 5.56 Å². The fourth-order valence-electron chi connectivity index (χ4n) is 2.35. The van der Waals surface area contributed by atoms with Gasteiger partial charge in [-0.1, -0.05) is 0 Å². The van der Waals surface area contributed by atoms with Crippen molar-refractivity contribution >= 4 is 22.4 Å². The van der Waals surface area contributed by atoms with E-state index in [2.05, 4.69) is 15.0 Å². The molecule has 1 fully saturated rings. The first-order valence-corrected chi connectivity index (χ1v) is 7.47. The summed E-state index contributed by atoms with van der Waals surface area (Å²) in [5.41, 5.74) is 1.62. The molecule has 3 rings (SSSR count). The third-order valence-corrected chi connectivity index (χ3v) is 4.55. The lowest BCUT2D eigenvalue weighted by Gasteiger charge is -2.34. The Kier molecular flexibility index (Phi) is 3.43. The van der Waals surface area contributed by atoms with Crippen molar-refractivity contribution < 1.29 is 4.79 Å². The molecule has 7 heteroatoms. The molecule has 0 radical (unpaired) electrons. The molecule has 0 aliphatic carbocycles. The number of carbonyl (C=O) groups is 1. The Morgan fingerprint density at radius 3 is 2.60 bits per heavy atom. The summed E-state index contributed by atoms with van der Waals surface area (Å²) in [7, 11) is 1.85. The van der Waals surface area contributed by atoms with Gasteiger partial charge in [0.15, 0.2) is 5.13 Å². The minimum atomic E-state index is 0.0781. The number of nitrogens with zero attached hydrogens (tertiary/aromatic N) is 5. The average Bonchev–Trinajstić information content (AvgIpc) is 3.10. The second-order valence-electron chi connectivity index (χ2n) is 4.86. The molecule has 0 saturated carbocycles. The van der Waals surface area contributed by atoms with E-state index >= 15 is 0 Å². The predicted molar refractivity (Wildman–Crippen MR) is 78.2 cm³/mol. The monoisotopic (exact) mass is 291 g/mol. The summed E-state index contributed by atoms with van der Waals surface area (Å²) < 4.78 is 1.74. The predicted octanol–water partition coefficient (Wildman–Crippen LogP) is 1.15. The summed E-state index contributed by atoms with van der Waals surface area (Å²) in [6.45, 7) is 5.04. The molecule has 3 heterocycles. The van der Waals surface area contributed by atoms with Crippen LogP contribution < -0.4 is 4.90 Å². The molecular formula is C13H17N5OS. The zero-order valence-corrected chi connectivity index (χ0v) is 12.4. The van der Waals surface area contributed by atoms with Gasteiger partial charge >= 0.3 is 0 Å². The van der Waals surface area contributed by atoms with Gasteiger partial charge in [-0.25, -0.2) is 4.98 Å². The molecule has 2 aromatic heterocycles. The number of hydrogen-bond donors (Lipinski definition) is 0. The Morgan fingerprint density at radius 1 is 1.30 bits per heavy atom. The molecular weight excluding hydrogens is 274 g/mol. The highest BCUT2D eigenvalue weighted by Gasteiger charge is 2.25. The van der Waals surface area contributed by atoms with E-state index in [4.69, 9.17) is 0 Å². The van der Waals surface area contributed by atoms with Gasteiger partial charge in [-0.05, 0) is 6.92 Å². The number of aryl methyl sites for hydroxylation is 1. The molecule has 0 spiro atoms. The summed E-state index contributed by atoms with van der Waals surface area (Å²) in [5.74, 6) is 0.0781. The van der Waals surface area contributed by atoms with Gasteiger partial charge in [0.25, 0.3) is 5.91 Å². The maximum absolute atomic E-state index is 12.5. The van der Waals surface area contributed by atoms with Crippen molar-refractivity contribution in [2.75, 3.05) is 31.1 Å². The zero-order valence-electron chi connectivity index (χ0n) is 11.6. The number of rotatable bonds is 2. The lowest BCUT2D eigenvalue weighted by Crippen LogP contribution is -2.48. The number of anilines is 1. The van der Waals surface area contributed by atoms with Gasteiger partial charge in [-0.2, -0.15) is 5.10 Å². The van der Waals surface area contributed by atoms with Crippen LogP contribution in [0.4, 0.5) is 5.13 Å². The van der Waals surface area contributed by atoms with E-state index in [9.17, 15) is 4.79 Å². The van der Waals surface area contributed by atoms with Crippen molar-refractivity contribution in [1.29, 1.82) is 0 Å². The van der Waals surface area contributed by atoms with E-state index in [-0.39, 0.29) is 5.91 Å². The molecule has 1 aliphatic heterocycles. The average molecular weight is 291 g/mol. The summed E-state index contributed by atoms with van der Waals surface area (Å²) in [5, 5.41) is 7.15. The van der Waals surface area contributed by atoms with Gasteiger partial charge in [0.1, 0.15) is 0 Å². The Hall–Kier alpha value is -1.89. The van der Waals surface area contributed by atoms with Crippen molar-refractivity contribution in [3.8, 4) is 0 Å². The fourth-order valence-corrected chi connectivity index (χ4v) is 3.05. The van der Waals surface area contributed by atoms with Crippen LogP contribution in [-0.2, 0) is 7.05 Å². The van der Waals surface area contributed by atoms with Crippen LogP contribution in [0.1, 0.15) is 16.1 Å². The van der Waals surface area contributed by atoms with Crippen molar-refractivity contribution in [3.63, 3.8) is 0 Å². The van der Waals surface area contributed by atoms with E-state index in [1.165, 1.54) is 0 Å². The molecule has 2 aromatic rings. The molecule has 106 valence electrons. The van der Waals surface area contributed by atoms with E-state index in [1.54, 1.807) is 22.2 Å². The van der Waals surface area contributed by atoms with Crippen LogP contribution in [-0.4, -0.2) is 51.8 Å². The largest absolute Gasteiger partial charge is 0.345 e. The highest BCUT2D eigenvalue weighted by molar-refractivity contribution is 7.13. The minimum absolute atomic E-state index is 0.0781. The van der Waals surface area contributed by atoms with Gasteiger partial charge < -0.3 is 9.80 Å². The Labute approximate surface area is 121 Å². The van der Waals surface area contributed by atoms with E-state index in [1.807, 2.05) is 30.4 Å². The molecule has 6 nitrogen and oxygen atoms in total. The summed E-state index contributed by atoms with van der Waals surface area (Å²) in [6, 6.07) is 0. The third-order valence-electron chi connectivity index (χ3n) is 3.72. The first-order chi connectivity index (χ1) is 9.66. The highest BCUT2D eigenvalue weighted by Crippen LogP contribution is 2.20. The van der Waals surface area contributed by atoms with Gasteiger partial charge in [-0.15, -0.1) is 11.3 Å². The van der Waals surface area contributed by atoms with Gasteiger partial charge in [0, 0.05) is 50.5 Å². The highest BCUT2D eigenvalue weighted by atomic mass is 32.1. The molecule has 1 saturated heterocycles. The molecule has 0 aromatic carbocycles. The molecule has 0 N–H and O–H groups in total. The maximum atomic E-state index is 12.5.